The van der Waals surface area contributed by atoms with Crippen molar-refractivity contribution in [2.45, 2.75) is 31.3 Å². The van der Waals surface area contributed by atoms with Crippen molar-refractivity contribution in [3.05, 3.63) is 5.82 Å². The van der Waals surface area contributed by atoms with E-state index in [0.29, 0.717) is 44.1 Å². The first-order valence-electron chi connectivity index (χ1n) is 11.2. The molecule has 0 aliphatic carbocycles. The Balaban J connectivity index is 1.23. The summed E-state index contributed by atoms with van der Waals surface area (Å²) in [6, 6.07) is 0. The van der Waals surface area contributed by atoms with E-state index in [1.54, 1.807) is 0 Å². The lowest BCUT2D eigenvalue weighted by Gasteiger charge is -2.26. The maximum Gasteiger partial charge on any atom is 0.234 e. The van der Waals surface area contributed by atoms with E-state index >= 15 is 0 Å². The van der Waals surface area contributed by atoms with Crippen molar-refractivity contribution in [2.24, 2.45) is 0 Å². The molecule has 5 heterocycles. The minimum absolute atomic E-state index is 0.166. The summed E-state index contributed by atoms with van der Waals surface area (Å²) in [6.07, 6.45) is 0.663. The molecule has 184 valence electrons. The summed E-state index contributed by atoms with van der Waals surface area (Å²) in [6.45, 7) is 7.86. The van der Waals surface area contributed by atoms with E-state index in [4.69, 9.17) is 37.9 Å². The largest absolute Gasteiger partial charge is 0.371 e. The Kier molecular flexibility index (Phi) is 7.78. The predicted molar refractivity (Wildman–Crippen MR) is 112 cm³/mol. The summed E-state index contributed by atoms with van der Waals surface area (Å²) in [5.41, 5.74) is 0. The molecule has 0 radical (unpaired) electrons. The van der Waals surface area contributed by atoms with Crippen LogP contribution in [0.2, 0.25) is 0 Å². The fourth-order valence-electron chi connectivity index (χ4n) is 2.88. The molecule has 5 rings (SSSR count). The van der Waals surface area contributed by atoms with Crippen LogP contribution in [0.15, 0.2) is 0 Å². The Hall–Kier alpha value is -1.71. The molecule has 4 fully saturated rings. The third-order valence-corrected chi connectivity index (χ3v) is 5.10. The number of hydrogen-bond donors (Lipinski definition) is 0. The normalized spacial score (nSPS) is 26.8. The zero-order chi connectivity index (χ0) is 22.5. The molecular formula is C20H31N5O8. The fraction of sp³-hybridized carbons (Fsp3) is 0.850. The Morgan fingerprint density at radius 1 is 0.606 bits per heavy atom. The molecule has 4 saturated heterocycles. The highest BCUT2D eigenvalue weighted by Crippen LogP contribution is 2.18. The molecule has 4 unspecified atom stereocenters. The first-order chi connectivity index (χ1) is 16.2. The van der Waals surface area contributed by atoms with Crippen molar-refractivity contribution in [3.8, 4) is 0 Å². The predicted octanol–water partition coefficient (Wildman–Crippen LogP) is -0.716. The molecule has 33 heavy (non-hydrogen) atoms. The van der Waals surface area contributed by atoms with Crippen LogP contribution in [0.4, 0.5) is 11.9 Å². The van der Waals surface area contributed by atoms with Gasteiger partial charge in [0, 0.05) is 0 Å². The maximum atomic E-state index is 5.78. The van der Waals surface area contributed by atoms with Crippen molar-refractivity contribution in [3.63, 3.8) is 0 Å². The van der Waals surface area contributed by atoms with Gasteiger partial charge in [0.1, 0.15) is 57.2 Å². The van der Waals surface area contributed by atoms with Crippen molar-refractivity contribution < 1.29 is 37.9 Å². The second-order valence-electron chi connectivity index (χ2n) is 8.38. The van der Waals surface area contributed by atoms with Crippen LogP contribution in [0.1, 0.15) is 5.82 Å². The van der Waals surface area contributed by atoms with Crippen LogP contribution < -0.4 is 9.80 Å². The van der Waals surface area contributed by atoms with Crippen molar-refractivity contribution >= 4 is 11.9 Å². The van der Waals surface area contributed by atoms with Crippen LogP contribution in [0.25, 0.3) is 0 Å². The van der Waals surface area contributed by atoms with Gasteiger partial charge in [0.05, 0.1) is 52.9 Å². The monoisotopic (exact) mass is 469 g/mol. The standard InChI is InChI=1S/C20H31N5O8/c1-14-21-19(24(10-26-2-15-6-30-15)11-27-3-16-7-31-16)23-20(22-14)25(12-28-4-17-8-32-17)13-29-5-18-9-33-18/h15-18H,2-13H2,1H3. The molecule has 0 spiro atoms. The third kappa shape index (κ3) is 8.22. The van der Waals surface area contributed by atoms with Crippen LogP contribution in [0.3, 0.4) is 0 Å². The molecular weight excluding hydrogens is 438 g/mol. The van der Waals surface area contributed by atoms with E-state index in [1.165, 1.54) is 0 Å². The molecule has 4 aliphatic rings. The maximum absolute atomic E-state index is 5.78. The summed E-state index contributed by atoms with van der Waals surface area (Å²) in [5, 5.41) is 0. The first kappa shape index (κ1) is 23.1. The number of nitrogens with zero attached hydrogens (tertiary/aromatic N) is 5. The van der Waals surface area contributed by atoms with Crippen molar-refractivity contribution in [1.29, 1.82) is 0 Å². The molecule has 13 nitrogen and oxygen atoms in total. The van der Waals surface area contributed by atoms with Gasteiger partial charge in [0.15, 0.2) is 0 Å². The Labute approximate surface area is 192 Å². The lowest BCUT2D eigenvalue weighted by atomic mass is 10.5. The second kappa shape index (κ2) is 11.1. The minimum Gasteiger partial charge on any atom is -0.371 e. The summed E-state index contributed by atoms with van der Waals surface area (Å²) in [5.74, 6) is 1.47. The zero-order valence-corrected chi connectivity index (χ0v) is 18.8. The lowest BCUT2D eigenvalue weighted by Crippen LogP contribution is -2.35. The number of ether oxygens (including phenoxy) is 8. The van der Waals surface area contributed by atoms with Crippen LogP contribution in [0.5, 0.6) is 0 Å². The quantitative estimate of drug-likeness (QED) is 0.198. The van der Waals surface area contributed by atoms with Crippen LogP contribution >= 0.6 is 0 Å². The molecule has 13 heteroatoms. The summed E-state index contributed by atoms with van der Waals surface area (Å²) in [7, 11) is 0. The highest BCUT2D eigenvalue weighted by Gasteiger charge is 2.27. The van der Waals surface area contributed by atoms with Gasteiger partial charge >= 0.3 is 0 Å². The molecule has 4 atom stereocenters. The number of anilines is 2. The average molecular weight is 469 g/mol. The number of aromatic nitrogens is 3. The summed E-state index contributed by atoms with van der Waals surface area (Å²) < 4.78 is 44.0. The van der Waals surface area contributed by atoms with Gasteiger partial charge in [-0.3, -0.25) is 9.80 Å². The van der Waals surface area contributed by atoms with E-state index in [2.05, 4.69) is 15.0 Å². The van der Waals surface area contributed by atoms with Gasteiger partial charge in [-0.2, -0.15) is 15.0 Å². The minimum atomic E-state index is 0.166. The van der Waals surface area contributed by atoms with E-state index in [-0.39, 0.29) is 51.3 Å². The van der Waals surface area contributed by atoms with Gasteiger partial charge in [-0.25, -0.2) is 0 Å². The lowest BCUT2D eigenvalue weighted by molar-refractivity contribution is 0.0687. The van der Waals surface area contributed by atoms with E-state index in [1.807, 2.05) is 16.7 Å². The van der Waals surface area contributed by atoms with E-state index in [9.17, 15) is 0 Å². The van der Waals surface area contributed by atoms with Crippen LogP contribution in [0, 0.1) is 6.92 Å². The Bertz CT molecular complexity index is 666. The van der Waals surface area contributed by atoms with Gasteiger partial charge in [-0.1, -0.05) is 0 Å². The molecule has 1 aromatic heterocycles. The topological polar surface area (TPSA) is 132 Å². The van der Waals surface area contributed by atoms with E-state index < -0.39 is 0 Å². The van der Waals surface area contributed by atoms with Crippen LogP contribution in [-0.4, -0.2) is 119 Å². The zero-order valence-electron chi connectivity index (χ0n) is 18.8. The Morgan fingerprint density at radius 3 is 1.18 bits per heavy atom. The van der Waals surface area contributed by atoms with Gasteiger partial charge in [0.2, 0.25) is 11.9 Å². The molecule has 1 aromatic rings. The SMILES string of the molecule is Cc1nc(N(COCC2CO2)COCC2CO2)nc(N(COCC2CO2)COCC2CO2)n1. The number of epoxide rings is 4. The molecule has 0 saturated carbocycles. The molecule has 0 N–H and O–H groups in total. The number of hydrogen-bond acceptors (Lipinski definition) is 13. The van der Waals surface area contributed by atoms with Gasteiger partial charge in [-0.15, -0.1) is 0 Å². The summed E-state index contributed by atoms with van der Waals surface area (Å²) in [4.78, 5) is 17.3. The first-order valence-corrected chi connectivity index (χ1v) is 11.2. The van der Waals surface area contributed by atoms with Crippen molar-refractivity contribution in [2.75, 3.05) is 89.6 Å². The molecule has 0 amide bonds. The van der Waals surface area contributed by atoms with Gasteiger partial charge in [0.25, 0.3) is 0 Å². The van der Waals surface area contributed by atoms with Gasteiger partial charge < -0.3 is 37.9 Å². The van der Waals surface area contributed by atoms with E-state index in [0.717, 1.165) is 26.4 Å². The highest BCUT2D eigenvalue weighted by atomic mass is 16.6. The molecule has 0 aromatic carbocycles. The number of rotatable bonds is 18. The van der Waals surface area contributed by atoms with Crippen LogP contribution in [-0.2, 0) is 37.9 Å². The summed E-state index contributed by atoms with van der Waals surface area (Å²) >= 11 is 0. The fourth-order valence-corrected chi connectivity index (χ4v) is 2.88. The van der Waals surface area contributed by atoms with Gasteiger partial charge in [-0.05, 0) is 6.92 Å². The second-order valence-corrected chi connectivity index (χ2v) is 8.38. The Morgan fingerprint density at radius 2 is 0.909 bits per heavy atom. The molecule has 0 bridgehead atoms. The van der Waals surface area contributed by atoms with Crippen molar-refractivity contribution in [1.82, 2.24) is 15.0 Å². The number of aryl methyl sites for hydroxylation is 1. The third-order valence-electron chi connectivity index (χ3n) is 5.10. The highest BCUT2D eigenvalue weighted by molar-refractivity contribution is 5.38. The average Bonchev–Trinajstić information content (AvgIpc) is 3.61. The smallest absolute Gasteiger partial charge is 0.234 e. The molecule has 4 aliphatic heterocycles.